The number of ether oxygens (including phenoxy) is 1. The molecule has 0 unspecified atom stereocenters. The van der Waals surface area contributed by atoms with Crippen LogP contribution >= 0.6 is 0 Å². The third kappa shape index (κ3) is 4.33. The van der Waals surface area contributed by atoms with Crippen LogP contribution in [0, 0.1) is 0 Å². The second-order valence-corrected chi connectivity index (χ2v) is 6.08. The number of nitrogens with zero attached hydrogens (tertiary/aromatic N) is 3. The lowest BCUT2D eigenvalue weighted by molar-refractivity contribution is -0.147. The summed E-state index contributed by atoms with van der Waals surface area (Å²) < 4.78 is 7.36. The molecule has 0 bridgehead atoms. The molecule has 1 aromatic heterocycles. The minimum Gasteiger partial charge on any atom is -0.380 e. The number of hydrogen-bond donors (Lipinski definition) is 1. The van der Waals surface area contributed by atoms with Gasteiger partial charge in [0, 0.05) is 25.8 Å². The molecule has 1 saturated heterocycles. The maximum atomic E-state index is 12.4. The molecular formula is C17H24N4O4. The van der Waals surface area contributed by atoms with Gasteiger partial charge in [-0.3, -0.25) is 19.3 Å². The van der Waals surface area contributed by atoms with E-state index in [-0.39, 0.29) is 18.2 Å². The van der Waals surface area contributed by atoms with E-state index < -0.39 is 17.7 Å². The van der Waals surface area contributed by atoms with Gasteiger partial charge in [0.2, 0.25) is 11.8 Å². The van der Waals surface area contributed by atoms with E-state index in [0.29, 0.717) is 25.5 Å². The van der Waals surface area contributed by atoms with Gasteiger partial charge in [0.1, 0.15) is 12.2 Å². The molecule has 8 heteroatoms. The summed E-state index contributed by atoms with van der Waals surface area (Å²) >= 11 is 0. The molecule has 0 saturated carbocycles. The van der Waals surface area contributed by atoms with Crippen LogP contribution in [0.5, 0.6) is 0 Å². The predicted octanol–water partition coefficient (Wildman–Crippen LogP) is 0.889. The third-order valence-electron chi connectivity index (χ3n) is 3.85. The van der Waals surface area contributed by atoms with E-state index in [1.165, 1.54) is 13.0 Å². The quantitative estimate of drug-likeness (QED) is 0.609. The number of imide groups is 1. The number of hydrogen-bond acceptors (Lipinski definition) is 5. The highest BCUT2D eigenvalue weighted by Gasteiger charge is 2.31. The maximum absolute atomic E-state index is 12.4. The molecule has 1 aliphatic rings. The summed E-state index contributed by atoms with van der Waals surface area (Å²) in [7, 11) is 0. The van der Waals surface area contributed by atoms with Gasteiger partial charge in [-0.15, -0.1) is 0 Å². The van der Waals surface area contributed by atoms with Gasteiger partial charge < -0.3 is 14.6 Å². The van der Waals surface area contributed by atoms with E-state index in [1.807, 2.05) is 25.3 Å². The van der Waals surface area contributed by atoms with Crippen LogP contribution in [0.2, 0.25) is 0 Å². The van der Waals surface area contributed by atoms with Crippen LogP contribution < -0.4 is 5.32 Å². The Morgan fingerprint density at radius 3 is 2.76 bits per heavy atom. The van der Waals surface area contributed by atoms with Crippen molar-refractivity contribution in [2.45, 2.75) is 40.2 Å². The summed E-state index contributed by atoms with van der Waals surface area (Å²) in [5.41, 5.74) is 1.60. The normalized spacial score (nSPS) is 16.7. The molecule has 1 aliphatic heterocycles. The first-order chi connectivity index (χ1) is 11.8. The number of imidazole rings is 1. The Balaban J connectivity index is 2.34. The topological polar surface area (TPSA) is 93.5 Å². The molecule has 0 aliphatic carbocycles. The lowest BCUT2D eigenvalue weighted by atomic mass is 10.1. The highest BCUT2D eigenvalue weighted by atomic mass is 16.5. The molecule has 25 heavy (non-hydrogen) atoms. The van der Waals surface area contributed by atoms with Crippen molar-refractivity contribution >= 4 is 23.8 Å². The van der Waals surface area contributed by atoms with Crippen molar-refractivity contribution in [1.29, 1.82) is 0 Å². The van der Waals surface area contributed by atoms with E-state index in [2.05, 4.69) is 10.3 Å². The van der Waals surface area contributed by atoms with Crippen LogP contribution in [0.15, 0.2) is 12.0 Å². The SMILES string of the molecule is CCOCCn1cnc(/C=C2\NC(=O)CN(C(C)=O)C2=O)c1C(C)C. The van der Waals surface area contributed by atoms with Gasteiger partial charge in [-0.25, -0.2) is 4.98 Å². The summed E-state index contributed by atoms with van der Waals surface area (Å²) in [6.07, 6.45) is 3.22. The van der Waals surface area contributed by atoms with Gasteiger partial charge >= 0.3 is 0 Å². The highest BCUT2D eigenvalue weighted by Crippen LogP contribution is 2.22. The first kappa shape index (κ1) is 18.9. The number of rotatable bonds is 6. The van der Waals surface area contributed by atoms with Gasteiger partial charge in [-0.2, -0.15) is 0 Å². The van der Waals surface area contributed by atoms with Crippen molar-refractivity contribution in [3.8, 4) is 0 Å². The van der Waals surface area contributed by atoms with Crippen molar-refractivity contribution in [2.24, 2.45) is 0 Å². The lowest BCUT2D eigenvalue weighted by Crippen LogP contribution is -2.51. The Kier molecular flexibility index (Phi) is 6.08. The molecule has 1 fully saturated rings. The van der Waals surface area contributed by atoms with Crippen LogP contribution in [0.3, 0.4) is 0 Å². The van der Waals surface area contributed by atoms with E-state index >= 15 is 0 Å². The summed E-state index contributed by atoms with van der Waals surface area (Å²) in [5, 5.41) is 2.53. The van der Waals surface area contributed by atoms with Gasteiger partial charge in [0.05, 0.1) is 18.6 Å². The second kappa shape index (κ2) is 8.06. The Bertz CT molecular complexity index is 706. The molecule has 1 N–H and O–H groups in total. The van der Waals surface area contributed by atoms with Crippen molar-refractivity contribution in [2.75, 3.05) is 19.8 Å². The molecule has 0 spiro atoms. The summed E-state index contributed by atoms with van der Waals surface area (Å²) in [5.74, 6) is -1.22. The highest BCUT2D eigenvalue weighted by molar-refractivity contribution is 6.12. The monoisotopic (exact) mass is 348 g/mol. The van der Waals surface area contributed by atoms with E-state index in [1.54, 1.807) is 6.33 Å². The maximum Gasteiger partial charge on any atom is 0.277 e. The molecule has 0 atom stereocenters. The van der Waals surface area contributed by atoms with Gasteiger partial charge in [0.15, 0.2) is 0 Å². The molecule has 2 rings (SSSR count). The summed E-state index contributed by atoms with van der Waals surface area (Å²) in [6.45, 7) is 8.85. The van der Waals surface area contributed by atoms with E-state index in [0.717, 1.165) is 10.6 Å². The molecule has 0 radical (unpaired) electrons. The number of carbonyl (C=O) groups excluding carboxylic acids is 3. The predicted molar refractivity (Wildman–Crippen MR) is 91.3 cm³/mol. The molecule has 3 amide bonds. The van der Waals surface area contributed by atoms with E-state index in [9.17, 15) is 14.4 Å². The Morgan fingerprint density at radius 2 is 2.16 bits per heavy atom. The minimum atomic E-state index is -0.523. The van der Waals surface area contributed by atoms with Crippen molar-refractivity contribution < 1.29 is 19.1 Å². The number of amides is 3. The van der Waals surface area contributed by atoms with Crippen LogP contribution in [0.25, 0.3) is 6.08 Å². The first-order valence-electron chi connectivity index (χ1n) is 8.31. The molecular weight excluding hydrogens is 324 g/mol. The zero-order valence-electron chi connectivity index (χ0n) is 15.0. The second-order valence-electron chi connectivity index (χ2n) is 6.08. The Labute approximate surface area is 146 Å². The largest absolute Gasteiger partial charge is 0.380 e. The molecule has 2 heterocycles. The first-order valence-corrected chi connectivity index (χ1v) is 8.31. The Morgan fingerprint density at radius 1 is 1.44 bits per heavy atom. The number of aromatic nitrogens is 2. The molecule has 136 valence electrons. The molecule has 0 aromatic carbocycles. The van der Waals surface area contributed by atoms with Crippen molar-refractivity contribution in [3.05, 3.63) is 23.4 Å². The van der Waals surface area contributed by atoms with Crippen LogP contribution in [0.1, 0.15) is 45.0 Å². The fraction of sp³-hybridized carbons (Fsp3) is 0.529. The number of piperazine rings is 1. The average Bonchev–Trinajstić information content (AvgIpc) is 2.93. The number of nitrogens with one attached hydrogen (secondary N) is 1. The zero-order valence-corrected chi connectivity index (χ0v) is 15.0. The van der Waals surface area contributed by atoms with Crippen LogP contribution in [-0.4, -0.2) is 51.9 Å². The lowest BCUT2D eigenvalue weighted by Gasteiger charge is -2.25. The molecule has 1 aromatic rings. The van der Waals surface area contributed by atoms with E-state index in [4.69, 9.17) is 4.74 Å². The fourth-order valence-electron chi connectivity index (χ4n) is 2.72. The fourth-order valence-corrected chi connectivity index (χ4v) is 2.72. The summed E-state index contributed by atoms with van der Waals surface area (Å²) in [4.78, 5) is 41.0. The smallest absolute Gasteiger partial charge is 0.277 e. The van der Waals surface area contributed by atoms with Crippen molar-refractivity contribution in [1.82, 2.24) is 19.8 Å². The molecule has 8 nitrogen and oxygen atoms in total. The van der Waals surface area contributed by atoms with Gasteiger partial charge in [-0.1, -0.05) is 13.8 Å². The number of carbonyl (C=O) groups is 3. The minimum absolute atomic E-state index is 0.0587. The van der Waals surface area contributed by atoms with Gasteiger partial charge in [0.25, 0.3) is 5.91 Å². The zero-order chi connectivity index (χ0) is 18.6. The van der Waals surface area contributed by atoms with Crippen LogP contribution in [0.4, 0.5) is 0 Å². The van der Waals surface area contributed by atoms with Crippen LogP contribution in [-0.2, 0) is 25.7 Å². The standard InChI is InChI=1S/C17H24N4O4/c1-5-25-7-6-20-10-18-13(16(20)11(2)3)8-14-17(24)21(12(4)22)9-15(23)19-14/h8,10-11H,5-7,9H2,1-4H3,(H,19,23)/b14-8-. The summed E-state index contributed by atoms with van der Waals surface area (Å²) in [6, 6.07) is 0. The van der Waals surface area contributed by atoms with Gasteiger partial charge in [-0.05, 0) is 18.9 Å². The Hall–Kier alpha value is -2.48. The van der Waals surface area contributed by atoms with Crippen molar-refractivity contribution in [3.63, 3.8) is 0 Å². The third-order valence-corrected chi connectivity index (χ3v) is 3.85. The average molecular weight is 348 g/mol.